The van der Waals surface area contributed by atoms with Crippen LogP contribution in [0.1, 0.15) is 88.0 Å². The van der Waals surface area contributed by atoms with E-state index in [1.165, 1.54) is 4.80 Å². The van der Waals surface area contributed by atoms with Gasteiger partial charge in [0.25, 0.3) is 23.8 Å². The van der Waals surface area contributed by atoms with Crippen molar-refractivity contribution < 1.29 is 117 Å². The zero-order valence-corrected chi connectivity index (χ0v) is 50.2. The van der Waals surface area contributed by atoms with Crippen LogP contribution in [-0.4, -0.2) is 149 Å². The Morgan fingerprint density at radius 1 is 0.611 bits per heavy atom. The number of alkyl halides is 19. The number of carbonyl (C=O) groups is 3. The van der Waals surface area contributed by atoms with Crippen molar-refractivity contribution in [3.8, 4) is 0 Å². The molecular formula is C48H53BrF18N20O8. The number of esters is 2. The number of aliphatic hydroxyl groups excluding tert-OH is 1. The third kappa shape index (κ3) is 30.6. The van der Waals surface area contributed by atoms with Gasteiger partial charge in [0.15, 0.2) is 12.8 Å². The van der Waals surface area contributed by atoms with Gasteiger partial charge in [0.1, 0.15) is 11.6 Å². The van der Waals surface area contributed by atoms with Gasteiger partial charge in [0.2, 0.25) is 0 Å². The van der Waals surface area contributed by atoms with Crippen molar-refractivity contribution >= 4 is 57.9 Å². The number of aromatic amines is 1. The Kier molecular flexibility index (Phi) is 31.3. The molecule has 8 rings (SSSR count). The molecule has 47 heteroatoms. The smallest absolute Gasteiger partial charge is 0.416 e. The number of aliphatic hydroxyl groups is 1. The summed E-state index contributed by atoms with van der Waals surface area (Å²) in [5, 5.41) is 58.7. The molecule has 5 heterocycles. The number of H-pyrrole nitrogens is 1. The first-order chi connectivity index (χ1) is 44.3. The SMILES string of the molecule is CCOC(=O)CBr.CCOC(=O)Cn1nnc(N)n1.FC(F)(F)c1cc(CNc2nnn(CCOC3CCCCO3)n2)cc(C(F)(F)F)c1.Nc1nn[nH]n1.O=Cc1cc(C(F)(F)F)cc(C(F)(F)F)c1.OCCn1nnc(NCc2cc(C(F)(F)F)cc(C(F)(F)F)c2)n1. The fourth-order valence-electron chi connectivity index (χ4n) is 6.68. The topological polar surface area (TPSA) is 370 Å². The summed E-state index contributed by atoms with van der Waals surface area (Å²) in [5.74, 6) is -0.518. The van der Waals surface area contributed by atoms with Gasteiger partial charge in [-0.05, 0) is 120 Å². The van der Waals surface area contributed by atoms with E-state index in [1.807, 2.05) is 0 Å². The zero-order chi connectivity index (χ0) is 71.4. The van der Waals surface area contributed by atoms with Crippen LogP contribution in [0.5, 0.6) is 0 Å². The molecule has 3 aromatic carbocycles. The maximum absolute atomic E-state index is 12.9. The fourth-order valence-corrected chi connectivity index (χ4v) is 6.84. The molecule has 1 unspecified atom stereocenters. The number of ether oxygens (including phenoxy) is 4. The van der Waals surface area contributed by atoms with E-state index in [2.05, 4.69) is 103 Å². The number of hydrogen-bond donors (Lipinski definition) is 6. The highest BCUT2D eigenvalue weighted by Crippen LogP contribution is 2.39. The number of anilines is 4. The van der Waals surface area contributed by atoms with E-state index < -0.39 is 82.0 Å². The van der Waals surface area contributed by atoms with E-state index in [0.717, 1.165) is 28.9 Å². The lowest BCUT2D eigenvalue weighted by molar-refractivity contribution is -0.164. The lowest BCUT2D eigenvalue weighted by Crippen LogP contribution is -2.24. The van der Waals surface area contributed by atoms with Crippen LogP contribution in [0, 0.1) is 0 Å². The number of rotatable bonds is 18. The van der Waals surface area contributed by atoms with E-state index in [1.54, 1.807) is 13.8 Å². The van der Waals surface area contributed by atoms with Gasteiger partial charge in [0.05, 0.1) is 72.9 Å². The van der Waals surface area contributed by atoms with Crippen molar-refractivity contribution in [2.75, 3.05) is 60.5 Å². The lowest BCUT2D eigenvalue weighted by Gasteiger charge is -2.22. The van der Waals surface area contributed by atoms with Crippen molar-refractivity contribution in [3.05, 3.63) is 105 Å². The predicted molar refractivity (Wildman–Crippen MR) is 290 cm³/mol. The Morgan fingerprint density at radius 2 is 1.04 bits per heavy atom. The van der Waals surface area contributed by atoms with Gasteiger partial charge < -0.3 is 46.2 Å². The van der Waals surface area contributed by atoms with Gasteiger partial charge in [-0.3, -0.25) is 9.59 Å². The first-order valence-electron chi connectivity index (χ1n) is 26.4. The fraction of sp³-hybridized carbons (Fsp3) is 0.479. The van der Waals surface area contributed by atoms with Crippen LogP contribution in [0.3, 0.4) is 0 Å². The Bertz CT molecular complexity index is 3340. The van der Waals surface area contributed by atoms with E-state index in [0.29, 0.717) is 61.5 Å². The number of nitrogens with zero attached hydrogens (tertiary/aromatic N) is 15. The summed E-state index contributed by atoms with van der Waals surface area (Å²) in [4.78, 5) is 34.5. The molecule has 7 aromatic rings. The highest BCUT2D eigenvalue weighted by molar-refractivity contribution is 9.09. The summed E-state index contributed by atoms with van der Waals surface area (Å²) in [6.45, 7) is 4.51. The Morgan fingerprint density at radius 3 is 1.37 bits per heavy atom. The Hall–Kier alpha value is -9.15. The van der Waals surface area contributed by atoms with Crippen LogP contribution in [0.15, 0.2) is 54.6 Å². The number of halogens is 19. The summed E-state index contributed by atoms with van der Waals surface area (Å²) >= 11 is 2.94. The molecule has 0 saturated carbocycles. The molecule has 0 aliphatic carbocycles. The van der Waals surface area contributed by atoms with E-state index in [4.69, 9.17) is 26.0 Å². The largest absolute Gasteiger partial charge is 0.465 e. The molecule has 1 aliphatic heterocycles. The van der Waals surface area contributed by atoms with Crippen molar-refractivity contribution in [1.29, 1.82) is 0 Å². The third-order valence-corrected chi connectivity index (χ3v) is 11.2. The van der Waals surface area contributed by atoms with E-state index in [9.17, 15) is 93.4 Å². The van der Waals surface area contributed by atoms with Crippen LogP contribution in [0.2, 0.25) is 0 Å². The number of carbonyl (C=O) groups excluding carboxylic acids is 3. The van der Waals surface area contributed by atoms with Crippen molar-refractivity contribution in [2.45, 2.75) is 109 Å². The molecular weight excluding hydrogens is 1410 g/mol. The molecule has 0 spiro atoms. The summed E-state index contributed by atoms with van der Waals surface area (Å²) < 4.78 is 247. The number of hydrogen-bond acceptors (Lipinski definition) is 24. The number of aldehydes is 1. The molecule has 1 aliphatic rings. The minimum atomic E-state index is -4.92. The number of tetrazole rings is 4. The second-order valence-electron chi connectivity index (χ2n) is 18.0. The Labute approximate surface area is 529 Å². The van der Waals surface area contributed by atoms with Gasteiger partial charge in [-0.25, -0.2) is 4.79 Å². The molecule has 8 N–H and O–H groups in total. The maximum atomic E-state index is 12.9. The summed E-state index contributed by atoms with van der Waals surface area (Å²) in [5.41, 5.74) is 0.462. The van der Waals surface area contributed by atoms with Crippen molar-refractivity contribution in [1.82, 2.24) is 81.2 Å². The Balaban J connectivity index is 0.000000322. The number of nitrogen functional groups attached to an aromatic ring is 2. The van der Waals surface area contributed by atoms with Crippen LogP contribution >= 0.6 is 15.9 Å². The summed E-state index contributed by atoms with van der Waals surface area (Å²) in [6, 6.07) is 3.33. The third-order valence-electron chi connectivity index (χ3n) is 10.7. The molecule has 1 atom stereocenters. The van der Waals surface area contributed by atoms with Crippen LogP contribution < -0.4 is 22.1 Å². The average Bonchev–Trinajstić information content (AvgIpc) is 1.29. The molecule has 526 valence electrons. The van der Waals surface area contributed by atoms with Crippen molar-refractivity contribution in [2.24, 2.45) is 0 Å². The van der Waals surface area contributed by atoms with Crippen LogP contribution in [0.25, 0.3) is 0 Å². The molecule has 28 nitrogen and oxygen atoms in total. The quantitative estimate of drug-likeness (QED) is 0.0204. The van der Waals surface area contributed by atoms with Gasteiger partial charge >= 0.3 is 49.0 Å². The lowest BCUT2D eigenvalue weighted by atomic mass is 10.0. The highest BCUT2D eigenvalue weighted by Gasteiger charge is 2.39. The minimum Gasteiger partial charge on any atom is -0.465 e. The molecule has 0 amide bonds. The standard InChI is InChI=1S/C17H19F6N5O2.C12H11F6N5O.C9H4F6O.C5H9N5O2.C4H7BrO2.CH3N5/c18-16(19,20)12-7-11(8-13(9-12)17(21,22)23)10-24-15-25-27-28(26-15)4-6-30-14-3-1-2-5-29-14;13-11(14,15)8-3-7(4-9(5-8)12(16,17)18)6-19-10-20-22-23(21-10)1-2-24;10-8(11,12)6-1-5(4-16)2-7(3-6)9(13,14)15;1-2-12-4(11)3-10-8-5(6)7-9-10;1-2-7-4(6)3-5;2-1-3-5-6-4-1/h7-9,14H,1-6,10H2,(H,24,26);3-5,24H,1-2,6H2,(H,19,21);1-4H;2-3H2,1H3,(H2,6,8);2-3H2,1H3;(H3,2,3,4,5,6). The van der Waals surface area contributed by atoms with Crippen LogP contribution in [0.4, 0.5) is 103 Å². The number of nitrogens with one attached hydrogen (secondary N) is 3. The first kappa shape index (κ1) is 80.1. The van der Waals surface area contributed by atoms with Gasteiger partial charge in [-0.1, -0.05) is 36.3 Å². The number of benzene rings is 3. The van der Waals surface area contributed by atoms with Crippen LogP contribution in [-0.2, 0) is 98.3 Å². The van der Waals surface area contributed by atoms with Gasteiger partial charge in [-0.15, -0.1) is 20.4 Å². The summed E-state index contributed by atoms with van der Waals surface area (Å²) in [7, 11) is 0. The minimum absolute atomic E-state index is 0.0325. The predicted octanol–water partition coefficient (Wildman–Crippen LogP) is 8.26. The summed E-state index contributed by atoms with van der Waals surface area (Å²) in [6.07, 6.45) is -27.0. The number of nitrogens with two attached hydrogens (primary N) is 2. The molecule has 0 bridgehead atoms. The second kappa shape index (κ2) is 37.1. The normalized spacial score (nSPS) is 13.3. The number of aromatic nitrogens is 16. The van der Waals surface area contributed by atoms with Crippen molar-refractivity contribution in [3.63, 3.8) is 0 Å². The molecule has 1 fully saturated rings. The van der Waals surface area contributed by atoms with Gasteiger partial charge in [-0.2, -0.15) is 98.6 Å². The maximum Gasteiger partial charge on any atom is 0.416 e. The molecule has 0 radical (unpaired) electrons. The van der Waals surface area contributed by atoms with E-state index >= 15 is 0 Å². The molecule has 1 saturated heterocycles. The average molecular weight is 1460 g/mol. The van der Waals surface area contributed by atoms with E-state index in [-0.39, 0.29) is 118 Å². The molecule has 95 heavy (non-hydrogen) atoms. The molecule has 4 aromatic heterocycles. The van der Waals surface area contributed by atoms with Gasteiger partial charge in [0, 0.05) is 25.3 Å². The highest BCUT2D eigenvalue weighted by atomic mass is 79.9. The second-order valence-corrected chi connectivity index (χ2v) is 18.6. The first-order valence-corrected chi connectivity index (χ1v) is 27.5. The zero-order valence-electron chi connectivity index (χ0n) is 48.6. The monoisotopic (exact) mass is 1460 g/mol.